The lowest BCUT2D eigenvalue weighted by molar-refractivity contribution is 0.112. The van der Waals surface area contributed by atoms with Gasteiger partial charge in [0.2, 0.25) is 0 Å². The molecule has 0 radical (unpaired) electrons. The Labute approximate surface area is 159 Å². The summed E-state index contributed by atoms with van der Waals surface area (Å²) in [5.41, 5.74) is 2.87. The van der Waals surface area contributed by atoms with Crippen LogP contribution in [-0.2, 0) is 4.84 Å². The molecule has 0 amide bonds. The van der Waals surface area contributed by atoms with Gasteiger partial charge in [0.25, 0.3) is 0 Å². The van der Waals surface area contributed by atoms with E-state index in [0.29, 0.717) is 17.4 Å². The number of hydrogen-bond acceptors (Lipinski definition) is 6. The quantitative estimate of drug-likeness (QED) is 0.489. The van der Waals surface area contributed by atoms with Gasteiger partial charge in [-0.3, -0.25) is 9.69 Å². The Hall–Kier alpha value is -1.89. The summed E-state index contributed by atoms with van der Waals surface area (Å²) in [5.74, 6) is 5.05. The van der Waals surface area contributed by atoms with Crippen LogP contribution in [0.5, 0.6) is 5.75 Å². The molecule has 6 nitrogen and oxygen atoms in total. The van der Waals surface area contributed by atoms with Gasteiger partial charge in [-0.05, 0) is 31.7 Å². The first-order chi connectivity index (χ1) is 12.0. The average molecular weight is 368 g/mol. The molecule has 1 unspecified atom stereocenters. The second-order valence-electron chi connectivity index (χ2n) is 5.68. The minimum atomic E-state index is 0. The Bertz CT molecular complexity index is 535. The van der Waals surface area contributed by atoms with Gasteiger partial charge < -0.3 is 14.5 Å². The van der Waals surface area contributed by atoms with Crippen molar-refractivity contribution in [3.8, 4) is 5.75 Å². The number of nitrogens with two attached hydrogens (primary N) is 1. The molecular weight excluding hydrogens is 330 g/mol. The fourth-order valence-electron chi connectivity index (χ4n) is 2.76. The molecule has 150 valence electrons. The lowest BCUT2D eigenvalue weighted by Crippen LogP contribution is -2.36. The number of carbonyl (C=O) groups excluding carboxylic acids is 1. The second-order valence-corrected chi connectivity index (χ2v) is 5.68. The monoisotopic (exact) mass is 367 g/mol. The maximum absolute atomic E-state index is 11.2. The van der Waals surface area contributed by atoms with E-state index in [-0.39, 0.29) is 7.43 Å². The Morgan fingerprint density at radius 3 is 2.38 bits per heavy atom. The first-order valence-electron chi connectivity index (χ1n) is 8.40. The van der Waals surface area contributed by atoms with Crippen molar-refractivity contribution >= 4 is 12.0 Å². The highest BCUT2D eigenvalue weighted by Crippen LogP contribution is 2.26. The minimum Gasteiger partial charge on any atom is -0.497 e. The van der Waals surface area contributed by atoms with E-state index in [1.807, 2.05) is 33.0 Å². The topological polar surface area (TPSA) is 68.0 Å². The molecule has 1 atom stereocenters. The molecular formula is C20H37N3O3. The van der Waals surface area contributed by atoms with Crippen LogP contribution in [0.25, 0.3) is 0 Å². The van der Waals surface area contributed by atoms with Gasteiger partial charge in [0.1, 0.15) is 5.75 Å². The first-order valence-corrected chi connectivity index (χ1v) is 8.40. The third kappa shape index (κ3) is 7.99. The number of nitrogens with zero attached hydrogens (tertiary/aromatic N) is 2. The molecule has 1 aliphatic rings. The number of likely N-dealkylation sites (N-methyl/N-ethyl adjacent to an activating group) is 2. The molecule has 1 heterocycles. The molecule has 26 heavy (non-hydrogen) atoms. The number of hydrogen-bond donors (Lipinski definition) is 1. The van der Waals surface area contributed by atoms with Crippen molar-refractivity contribution in [3.05, 3.63) is 35.9 Å². The zero-order valence-electron chi connectivity index (χ0n) is 16.4. The van der Waals surface area contributed by atoms with Gasteiger partial charge in [0.15, 0.2) is 6.29 Å². The molecule has 0 aliphatic carbocycles. The number of methoxy groups -OCH3 is 1. The highest BCUT2D eigenvalue weighted by Gasteiger charge is 2.25. The van der Waals surface area contributed by atoms with Crippen molar-refractivity contribution in [2.24, 2.45) is 5.90 Å². The van der Waals surface area contributed by atoms with Crippen molar-refractivity contribution in [3.63, 3.8) is 0 Å². The summed E-state index contributed by atoms with van der Waals surface area (Å²) in [7, 11) is 7.14. The predicted octanol–water partition coefficient (Wildman–Crippen LogP) is 3.37. The largest absolute Gasteiger partial charge is 0.497 e. The molecule has 2 rings (SSSR count). The van der Waals surface area contributed by atoms with E-state index in [0.717, 1.165) is 31.5 Å². The number of ether oxygens (including phenoxy) is 1. The Kier molecular flexibility index (Phi) is 14.5. The fraction of sp³-hybridized carbons (Fsp3) is 0.550. The zero-order valence-corrected chi connectivity index (χ0v) is 16.4. The van der Waals surface area contributed by atoms with E-state index in [2.05, 4.69) is 34.2 Å². The third-order valence-electron chi connectivity index (χ3n) is 3.88. The Balaban J connectivity index is 0. The lowest BCUT2D eigenvalue weighted by atomic mass is 10.1. The third-order valence-corrected chi connectivity index (χ3v) is 3.88. The number of aldehydes is 1. The second kappa shape index (κ2) is 14.3. The van der Waals surface area contributed by atoms with Crippen LogP contribution in [0.1, 0.15) is 38.1 Å². The highest BCUT2D eigenvalue weighted by atomic mass is 16.6. The number of carbonyl (C=O) groups is 1. The van der Waals surface area contributed by atoms with Gasteiger partial charge in [-0.25, -0.2) is 5.90 Å². The van der Waals surface area contributed by atoms with Crippen LogP contribution in [0.3, 0.4) is 0 Å². The van der Waals surface area contributed by atoms with Gasteiger partial charge in [0, 0.05) is 37.4 Å². The Morgan fingerprint density at radius 1 is 1.38 bits per heavy atom. The lowest BCUT2D eigenvalue weighted by Gasteiger charge is -2.28. The maximum Gasteiger partial charge on any atom is 0.152 e. The van der Waals surface area contributed by atoms with Gasteiger partial charge in [-0.2, -0.15) is 0 Å². The Morgan fingerprint density at radius 2 is 1.96 bits per heavy atom. The first kappa shape index (κ1) is 26.3. The number of likely N-dealkylation sites (tertiary alicyclic amines) is 1. The van der Waals surface area contributed by atoms with Crippen LogP contribution in [0.2, 0.25) is 0 Å². The van der Waals surface area contributed by atoms with Gasteiger partial charge in [-0.1, -0.05) is 33.4 Å². The highest BCUT2D eigenvalue weighted by molar-refractivity contribution is 5.85. The van der Waals surface area contributed by atoms with E-state index in [1.54, 1.807) is 13.2 Å². The summed E-state index contributed by atoms with van der Waals surface area (Å²) < 4.78 is 5.16. The van der Waals surface area contributed by atoms with E-state index >= 15 is 0 Å². The van der Waals surface area contributed by atoms with E-state index < -0.39 is 0 Å². The minimum absolute atomic E-state index is 0. The number of rotatable bonds is 5. The fourth-order valence-corrected chi connectivity index (χ4v) is 2.76. The normalized spacial score (nSPS) is 15.7. The molecule has 0 aromatic heterocycles. The van der Waals surface area contributed by atoms with Crippen LogP contribution < -0.4 is 15.5 Å². The van der Waals surface area contributed by atoms with E-state index in [4.69, 9.17) is 4.74 Å². The van der Waals surface area contributed by atoms with Crippen molar-refractivity contribution < 1.29 is 14.4 Å². The molecule has 1 fully saturated rings. The smallest absolute Gasteiger partial charge is 0.152 e. The molecule has 1 saturated heterocycles. The maximum atomic E-state index is 11.2. The molecule has 1 aromatic carbocycles. The summed E-state index contributed by atoms with van der Waals surface area (Å²) in [6, 6.07) is 6.05. The molecule has 0 spiro atoms. The van der Waals surface area contributed by atoms with Crippen LogP contribution in [0.4, 0.5) is 5.69 Å². The molecule has 2 N–H and O–H groups in total. The molecule has 1 aliphatic heterocycles. The molecule has 0 saturated carbocycles. The average Bonchev–Trinajstić information content (AvgIpc) is 2.93. The standard InChI is InChI=1S/C16H22N2O2.C2H6.CH5NO.CH4/c1-12-7-14(17(2)9-12)10-18(3)16-6-5-15(20-4)8-13(16)11-19;1-2;1-3-2;/h5-6,8,11,14H,1,7,9-10H2,2-4H3;1-2H3;2H2,1H3;1H4. The van der Waals surface area contributed by atoms with Crippen LogP contribution in [0.15, 0.2) is 30.4 Å². The van der Waals surface area contributed by atoms with Gasteiger partial charge in [0.05, 0.1) is 14.2 Å². The van der Waals surface area contributed by atoms with E-state index in [1.165, 1.54) is 12.7 Å². The zero-order chi connectivity index (χ0) is 19.4. The van der Waals surface area contributed by atoms with Crippen LogP contribution >= 0.6 is 0 Å². The van der Waals surface area contributed by atoms with Gasteiger partial charge in [-0.15, -0.1) is 0 Å². The summed E-state index contributed by atoms with van der Waals surface area (Å²) in [5, 5.41) is 0. The number of anilines is 1. The van der Waals surface area contributed by atoms with Crippen LogP contribution in [-0.4, -0.2) is 58.6 Å². The summed E-state index contributed by atoms with van der Waals surface area (Å²) in [6.45, 7) is 9.90. The van der Waals surface area contributed by atoms with Gasteiger partial charge >= 0.3 is 0 Å². The summed E-state index contributed by atoms with van der Waals surface area (Å²) >= 11 is 0. The van der Waals surface area contributed by atoms with Crippen molar-refractivity contribution in [1.29, 1.82) is 0 Å². The number of benzene rings is 1. The van der Waals surface area contributed by atoms with Crippen molar-refractivity contribution in [1.82, 2.24) is 4.90 Å². The van der Waals surface area contributed by atoms with Crippen molar-refractivity contribution in [2.45, 2.75) is 33.7 Å². The molecule has 0 bridgehead atoms. The summed E-state index contributed by atoms with van der Waals surface area (Å²) in [6.07, 6.45) is 1.90. The SMILES string of the molecule is C.C=C1CC(CN(C)c2ccc(OC)cc2C=O)N(C)C1.CC.CON. The predicted molar refractivity (Wildman–Crippen MR) is 111 cm³/mol. The molecule has 1 aromatic rings. The van der Waals surface area contributed by atoms with Crippen LogP contribution in [0, 0.1) is 0 Å². The van der Waals surface area contributed by atoms with E-state index in [9.17, 15) is 4.79 Å². The van der Waals surface area contributed by atoms with Crippen molar-refractivity contribution in [2.75, 3.05) is 46.3 Å². The summed E-state index contributed by atoms with van der Waals surface area (Å²) in [4.78, 5) is 19.4. The molecule has 6 heteroatoms.